The van der Waals surface area contributed by atoms with Gasteiger partial charge < -0.3 is 5.32 Å². The first-order valence-corrected chi connectivity index (χ1v) is 5.70. The summed E-state index contributed by atoms with van der Waals surface area (Å²) < 4.78 is 0. The highest BCUT2D eigenvalue weighted by Gasteiger charge is 1.90. The van der Waals surface area contributed by atoms with Crippen molar-refractivity contribution in [2.45, 2.75) is 11.8 Å². The summed E-state index contributed by atoms with van der Waals surface area (Å²) in [6.07, 6.45) is 0. The zero-order chi connectivity index (χ0) is 10.1. The third-order valence-electron chi connectivity index (χ3n) is 1.68. The molecule has 14 heavy (non-hydrogen) atoms. The van der Waals surface area contributed by atoms with Crippen LogP contribution in [0.25, 0.3) is 0 Å². The number of thioether (sulfide) groups is 1. The molecule has 0 radical (unpaired) electrons. The summed E-state index contributed by atoms with van der Waals surface area (Å²) >= 11 is 1.87. The molecule has 0 bridgehead atoms. The predicted molar refractivity (Wildman–Crippen MR) is 63.5 cm³/mol. The summed E-state index contributed by atoms with van der Waals surface area (Å²) in [6.45, 7) is 3.67. The maximum Gasteiger partial charge on any atom is 0.0576 e. The molecule has 0 heterocycles. The molecule has 0 saturated carbocycles. The van der Waals surface area contributed by atoms with Crippen LogP contribution in [-0.2, 0) is 0 Å². The van der Waals surface area contributed by atoms with E-state index in [9.17, 15) is 0 Å². The zero-order valence-electron chi connectivity index (χ0n) is 8.42. The lowest BCUT2D eigenvalue weighted by atomic mass is 10.4. The van der Waals surface area contributed by atoms with Crippen LogP contribution in [-0.4, -0.2) is 18.8 Å². The zero-order valence-corrected chi connectivity index (χ0v) is 9.23. The van der Waals surface area contributed by atoms with Crippen molar-refractivity contribution in [1.29, 1.82) is 0 Å². The normalized spacial score (nSPS) is 9.21. The number of nitrogens with one attached hydrogen (secondary N) is 1. The van der Waals surface area contributed by atoms with Gasteiger partial charge in [0, 0.05) is 17.2 Å². The fraction of sp³-hybridized carbons (Fsp3) is 0.333. The Morgan fingerprint density at radius 2 is 2.07 bits per heavy atom. The van der Waals surface area contributed by atoms with Crippen molar-refractivity contribution in [3.63, 3.8) is 0 Å². The van der Waals surface area contributed by atoms with Gasteiger partial charge >= 0.3 is 0 Å². The Bertz CT molecular complexity index is 297. The number of rotatable bonds is 5. The molecule has 1 aromatic rings. The predicted octanol–water partition coefficient (Wildman–Crippen LogP) is 2.39. The highest BCUT2D eigenvalue weighted by Crippen LogP contribution is 2.15. The minimum Gasteiger partial charge on any atom is -0.305 e. The Hall–Kier alpha value is -0.910. The van der Waals surface area contributed by atoms with Crippen LogP contribution in [0.2, 0.25) is 0 Å². The maximum absolute atomic E-state index is 3.26. The Morgan fingerprint density at radius 3 is 2.79 bits per heavy atom. The van der Waals surface area contributed by atoms with Crippen molar-refractivity contribution in [2.24, 2.45) is 0 Å². The van der Waals surface area contributed by atoms with Crippen molar-refractivity contribution < 1.29 is 0 Å². The molecule has 0 atom stereocenters. The van der Waals surface area contributed by atoms with E-state index >= 15 is 0 Å². The van der Waals surface area contributed by atoms with E-state index < -0.39 is 0 Å². The smallest absolute Gasteiger partial charge is 0.0576 e. The van der Waals surface area contributed by atoms with Crippen LogP contribution in [0.15, 0.2) is 35.2 Å². The third-order valence-corrected chi connectivity index (χ3v) is 2.69. The summed E-state index contributed by atoms with van der Waals surface area (Å²) in [4.78, 5) is 1.33. The second kappa shape index (κ2) is 7.49. The van der Waals surface area contributed by atoms with Gasteiger partial charge in [0.2, 0.25) is 0 Å². The molecule has 0 aliphatic rings. The van der Waals surface area contributed by atoms with Gasteiger partial charge in [-0.25, -0.2) is 0 Å². The van der Waals surface area contributed by atoms with E-state index in [1.54, 1.807) is 0 Å². The molecule has 1 aromatic carbocycles. The van der Waals surface area contributed by atoms with E-state index in [2.05, 4.69) is 41.4 Å². The molecule has 0 aromatic heterocycles. The summed E-state index contributed by atoms with van der Waals surface area (Å²) in [5.74, 6) is 6.93. The average Bonchev–Trinajstić information content (AvgIpc) is 2.25. The number of hydrogen-bond acceptors (Lipinski definition) is 2. The topological polar surface area (TPSA) is 12.0 Å². The first kappa shape index (κ1) is 11.2. The van der Waals surface area contributed by atoms with Crippen molar-refractivity contribution in [3.8, 4) is 11.8 Å². The van der Waals surface area contributed by atoms with E-state index in [4.69, 9.17) is 0 Å². The molecule has 0 fully saturated rings. The molecule has 0 amide bonds. The van der Waals surface area contributed by atoms with Gasteiger partial charge in [0.15, 0.2) is 0 Å². The molecule has 0 saturated heterocycles. The molecule has 74 valence electrons. The molecule has 1 rings (SSSR count). The van der Waals surface area contributed by atoms with Crippen molar-refractivity contribution in [3.05, 3.63) is 30.3 Å². The first-order valence-electron chi connectivity index (χ1n) is 4.71. The quantitative estimate of drug-likeness (QED) is 0.450. The lowest BCUT2D eigenvalue weighted by Gasteiger charge is -2.01. The minimum atomic E-state index is 0.797. The second-order valence-corrected chi connectivity index (χ2v) is 3.93. The number of hydrogen-bond donors (Lipinski definition) is 1. The van der Waals surface area contributed by atoms with Crippen LogP contribution in [0.5, 0.6) is 0 Å². The fourth-order valence-electron chi connectivity index (χ4n) is 0.997. The molecular weight excluding hydrogens is 190 g/mol. The van der Waals surface area contributed by atoms with Crippen LogP contribution >= 0.6 is 11.8 Å². The van der Waals surface area contributed by atoms with E-state index in [1.165, 1.54) is 4.90 Å². The molecule has 0 aliphatic carbocycles. The molecule has 2 heteroatoms. The van der Waals surface area contributed by atoms with Crippen molar-refractivity contribution in [1.82, 2.24) is 5.32 Å². The monoisotopic (exact) mass is 205 g/mol. The van der Waals surface area contributed by atoms with Crippen LogP contribution in [0.4, 0.5) is 0 Å². The Kier molecular flexibility index (Phi) is 5.97. The lowest BCUT2D eigenvalue weighted by Crippen LogP contribution is -2.16. The molecule has 0 spiro atoms. The van der Waals surface area contributed by atoms with Crippen molar-refractivity contribution in [2.75, 3.05) is 18.8 Å². The van der Waals surface area contributed by atoms with Crippen LogP contribution < -0.4 is 5.32 Å². The molecule has 1 nitrogen and oxygen atoms in total. The molecule has 1 N–H and O–H groups in total. The largest absolute Gasteiger partial charge is 0.305 e. The van der Waals surface area contributed by atoms with Gasteiger partial charge in [-0.1, -0.05) is 24.1 Å². The second-order valence-electron chi connectivity index (χ2n) is 2.77. The van der Waals surface area contributed by atoms with Gasteiger partial charge in [-0.2, -0.15) is 0 Å². The van der Waals surface area contributed by atoms with Crippen LogP contribution in [0, 0.1) is 11.8 Å². The summed E-state index contributed by atoms with van der Waals surface area (Å²) in [6, 6.07) is 10.4. The molecular formula is C12H15NS. The highest BCUT2D eigenvalue weighted by molar-refractivity contribution is 7.99. The van der Waals surface area contributed by atoms with E-state index in [1.807, 2.05) is 24.8 Å². The minimum absolute atomic E-state index is 0.797. The maximum atomic E-state index is 3.26. The van der Waals surface area contributed by atoms with Gasteiger partial charge in [-0.05, 0) is 19.1 Å². The van der Waals surface area contributed by atoms with Gasteiger partial charge in [-0.15, -0.1) is 17.7 Å². The molecule has 0 aliphatic heterocycles. The Labute approximate surface area is 90.3 Å². The average molecular weight is 205 g/mol. The van der Waals surface area contributed by atoms with Crippen molar-refractivity contribution >= 4 is 11.8 Å². The van der Waals surface area contributed by atoms with Crippen LogP contribution in [0.1, 0.15) is 6.92 Å². The van der Waals surface area contributed by atoms with Gasteiger partial charge in [0.1, 0.15) is 0 Å². The van der Waals surface area contributed by atoms with E-state index in [-0.39, 0.29) is 0 Å². The highest BCUT2D eigenvalue weighted by atomic mass is 32.2. The van der Waals surface area contributed by atoms with Gasteiger partial charge in [-0.3, -0.25) is 0 Å². The van der Waals surface area contributed by atoms with Gasteiger partial charge in [0.05, 0.1) is 6.54 Å². The standard InChI is InChI=1S/C12H15NS/c1-2-3-9-13-10-11-14-12-7-5-4-6-8-12/h4-8,13H,9-11H2,1H3. The number of benzene rings is 1. The summed E-state index contributed by atoms with van der Waals surface area (Å²) in [5, 5.41) is 3.26. The SMILES string of the molecule is CC#CCNCCSc1ccccc1. The van der Waals surface area contributed by atoms with E-state index in [0.29, 0.717) is 0 Å². The first-order chi connectivity index (χ1) is 6.93. The van der Waals surface area contributed by atoms with Crippen LogP contribution in [0.3, 0.4) is 0 Å². The Morgan fingerprint density at radius 1 is 1.29 bits per heavy atom. The fourth-order valence-corrected chi connectivity index (χ4v) is 1.83. The van der Waals surface area contributed by atoms with Gasteiger partial charge in [0.25, 0.3) is 0 Å². The third kappa shape index (κ3) is 4.96. The summed E-state index contributed by atoms with van der Waals surface area (Å²) in [7, 11) is 0. The lowest BCUT2D eigenvalue weighted by molar-refractivity contribution is 0.818. The molecule has 0 unspecified atom stereocenters. The summed E-state index contributed by atoms with van der Waals surface area (Å²) in [5.41, 5.74) is 0. The van der Waals surface area contributed by atoms with E-state index in [0.717, 1.165) is 18.8 Å². The Balaban J connectivity index is 2.06.